The van der Waals surface area contributed by atoms with E-state index in [0.717, 1.165) is 43.7 Å². The zero-order valence-electron chi connectivity index (χ0n) is 15.8. The molecular weight excluding hydrogens is 330 g/mol. The lowest BCUT2D eigenvalue weighted by atomic mass is 9.92. The number of carbonyl (C=O) groups excluding carboxylic acids is 2. The molecule has 0 aliphatic carbocycles. The molecule has 1 aromatic rings. The third-order valence-electron chi connectivity index (χ3n) is 5.50. The molecule has 2 aliphatic rings. The summed E-state index contributed by atoms with van der Waals surface area (Å²) in [6.45, 7) is 4.84. The van der Waals surface area contributed by atoms with Gasteiger partial charge in [0, 0.05) is 19.7 Å². The van der Waals surface area contributed by atoms with Gasteiger partial charge in [0.2, 0.25) is 11.8 Å². The van der Waals surface area contributed by atoms with Crippen LogP contribution < -0.4 is 5.32 Å². The van der Waals surface area contributed by atoms with E-state index in [2.05, 4.69) is 27.2 Å². The van der Waals surface area contributed by atoms with Gasteiger partial charge in [-0.15, -0.1) is 0 Å². The van der Waals surface area contributed by atoms with Gasteiger partial charge in [-0.25, -0.2) is 0 Å². The van der Waals surface area contributed by atoms with Crippen molar-refractivity contribution in [3.63, 3.8) is 0 Å². The highest BCUT2D eigenvalue weighted by Crippen LogP contribution is 2.20. The molecule has 1 atom stereocenters. The van der Waals surface area contributed by atoms with Crippen molar-refractivity contribution in [3.05, 3.63) is 23.8 Å². The summed E-state index contributed by atoms with van der Waals surface area (Å²) in [5.41, 5.74) is 1.77. The Kier molecular flexibility index (Phi) is 6.19. The monoisotopic (exact) mass is 359 g/mol. The number of rotatable bonds is 5. The lowest BCUT2D eigenvalue weighted by Gasteiger charge is -2.28. The fourth-order valence-corrected chi connectivity index (χ4v) is 3.85. The van der Waals surface area contributed by atoms with E-state index in [1.807, 2.05) is 6.20 Å². The molecule has 7 nitrogen and oxygen atoms in total. The van der Waals surface area contributed by atoms with E-state index in [0.29, 0.717) is 19.0 Å². The summed E-state index contributed by atoms with van der Waals surface area (Å²) in [6.07, 6.45) is 8.59. The quantitative estimate of drug-likeness (QED) is 0.848. The maximum atomic E-state index is 12.3. The Balaban J connectivity index is 1.47. The largest absolute Gasteiger partial charge is 0.349 e. The Bertz CT molecular complexity index is 625. The maximum absolute atomic E-state index is 12.3. The van der Waals surface area contributed by atoms with E-state index in [-0.39, 0.29) is 17.9 Å². The fraction of sp³-hybridized carbons (Fsp3) is 0.684. The van der Waals surface area contributed by atoms with E-state index in [4.69, 9.17) is 0 Å². The number of aromatic nitrogens is 2. The molecular formula is C19H29N5O2. The van der Waals surface area contributed by atoms with Crippen LogP contribution in [0.2, 0.25) is 0 Å². The van der Waals surface area contributed by atoms with Gasteiger partial charge in [-0.3, -0.25) is 19.6 Å². The highest BCUT2D eigenvalue weighted by atomic mass is 16.2. The number of hydrogen-bond donors (Lipinski definition) is 1. The van der Waals surface area contributed by atoms with Crippen LogP contribution in [-0.4, -0.2) is 64.3 Å². The van der Waals surface area contributed by atoms with Crippen LogP contribution in [0.15, 0.2) is 12.4 Å². The first-order chi connectivity index (χ1) is 12.5. The molecule has 142 valence electrons. The Hall–Kier alpha value is -2.02. The molecule has 2 aliphatic heterocycles. The van der Waals surface area contributed by atoms with Crippen LogP contribution in [0.1, 0.15) is 44.0 Å². The number of likely N-dealkylation sites (tertiary alicyclic amines) is 2. The SMILES string of the molecule is CC(=O)N1CCC[C@H]1C(=O)NCc1cnc(CC2CCN(C)CC2)cn1. The molecule has 2 amide bonds. The number of hydrogen-bond acceptors (Lipinski definition) is 5. The molecule has 0 bridgehead atoms. The van der Waals surface area contributed by atoms with Crippen molar-refractivity contribution in [1.29, 1.82) is 0 Å². The average molecular weight is 359 g/mol. The average Bonchev–Trinajstić information content (AvgIpc) is 3.13. The van der Waals surface area contributed by atoms with E-state index >= 15 is 0 Å². The van der Waals surface area contributed by atoms with Crippen molar-refractivity contribution < 1.29 is 9.59 Å². The fourth-order valence-electron chi connectivity index (χ4n) is 3.85. The van der Waals surface area contributed by atoms with E-state index in [9.17, 15) is 9.59 Å². The number of amides is 2. The summed E-state index contributed by atoms with van der Waals surface area (Å²) >= 11 is 0. The van der Waals surface area contributed by atoms with Crippen LogP contribution in [0.25, 0.3) is 0 Å². The number of nitrogens with zero attached hydrogens (tertiary/aromatic N) is 4. The highest BCUT2D eigenvalue weighted by molar-refractivity contribution is 5.87. The third kappa shape index (κ3) is 4.78. The van der Waals surface area contributed by atoms with Gasteiger partial charge in [-0.2, -0.15) is 0 Å². The Morgan fingerprint density at radius 2 is 1.81 bits per heavy atom. The number of carbonyl (C=O) groups is 2. The second-order valence-electron chi connectivity index (χ2n) is 7.54. The lowest BCUT2D eigenvalue weighted by Crippen LogP contribution is -2.45. The van der Waals surface area contributed by atoms with Gasteiger partial charge in [0.05, 0.1) is 24.1 Å². The van der Waals surface area contributed by atoms with Gasteiger partial charge >= 0.3 is 0 Å². The van der Waals surface area contributed by atoms with Crippen LogP contribution in [0.3, 0.4) is 0 Å². The molecule has 1 aromatic heterocycles. The normalized spacial score (nSPS) is 21.8. The number of nitrogens with one attached hydrogen (secondary N) is 1. The van der Waals surface area contributed by atoms with Gasteiger partial charge in [0.1, 0.15) is 6.04 Å². The Morgan fingerprint density at radius 1 is 1.12 bits per heavy atom. The first kappa shape index (κ1) is 18.8. The lowest BCUT2D eigenvalue weighted by molar-refractivity contribution is -0.136. The molecule has 0 aromatic carbocycles. The van der Waals surface area contributed by atoms with Crippen molar-refractivity contribution in [1.82, 2.24) is 25.1 Å². The summed E-state index contributed by atoms with van der Waals surface area (Å²) in [5, 5.41) is 2.89. The second kappa shape index (κ2) is 8.58. The third-order valence-corrected chi connectivity index (χ3v) is 5.50. The summed E-state index contributed by atoms with van der Waals surface area (Å²) in [5.74, 6) is 0.543. The standard InChI is InChI=1S/C19H29N5O2/c1-14(25)24-7-3-4-18(24)19(26)22-13-17-12-20-16(11-21-17)10-15-5-8-23(2)9-6-15/h11-12,15,18H,3-10,13H2,1-2H3,(H,22,26)/t18-/m0/s1. The molecule has 3 heterocycles. The number of piperidine rings is 1. The van der Waals surface area contributed by atoms with Crippen LogP contribution in [0, 0.1) is 5.92 Å². The molecule has 0 unspecified atom stereocenters. The predicted octanol–water partition coefficient (Wildman–Crippen LogP) is 0.988. The molecule has 7 heteroatoms. The minimum Gasteiger partial charge on any atom is -0.349 e. The van der Waals surface area contributed by atoms with Crippen molar-refractivity contribution in [2.45, 2.75) is 51.6 Å². The Labute approximate surface area is 155 Å². The summed E-state index contributed by atoms with van der Waals surface area (Å²) in [4.78, 5) is 36.9. The Morgan fingerprint density at radius 3 is 2.46 bits per heavy atom. The van der Waals surface area contributed by atoms with E-state index in [1.165, 1.54) is 19.8 Å². The van der Waals surface area contributed by atoms with Crippen LogP contribution in [0.4, 0.5) is 0 Å². The zero-order chi connectivity index (χ0) is 18.5. The van der Waals surface area contributed by atoms with Crippen molar-refractivity contribution in [2.75, 3.05) is 26.7 Å². The highest BCUT2D eigenvalue weighted by Gasteiger charge is 2.32. The maximum Gasteiger partial charge on any atom is 0.243 e. The molecule has 0 radical (unpaired) electrons. The predicted molar refractivity (Wildman–Crippen MR) is 98.2 cm³/mol. The molecule has 26 heavy (non-hydrogen) atoms. The van der Waals surface area contributed by atoms with Crippen LogP contribution in [0.5, 0.6) is 0 Å². The van der Waals surface area contributed by atoms with Crippen molar-refractivity contribution in [3.8, 4) is 0 Å². The summed E-state index contributed by atoms with van der Waals surface area (Å²) < 4.78 is 0. The van der Waals surface area contributed by atoms with E-state index < -0.39 is 0 Å². The topological polar surface area (TPSA) is 78.4 Å². The molecule has 2 fully saturated rings. The minimum atomic E-state index is -0.343. The molecule has 1 N–H and O–H groups in total. The van der Waals surface area contributed by atoms with Gasteiger partial charge < -0.3 is 15.1 Å². The zero-order valence-corrected chi connectivity index (χ0v) is 15.8. The van der Waals surface area contributed by atoms with Crippen molar-refractivity contribution in [2.24, 2.45) is 5.92 Å². The van der Waals surface area contributed by atoms with E-state index in [1.54, 1.807) is 11.1 Å². The van der Waals surface area contributed by atoms with Crippen LogP contribution in [-0.2, 0) is 22.6 Å². The first-order valence-electron chi connectivity index (χ1n) is 9.56. The van der Waals surface area contributed by atoms with Gasteiger partial charge in [0.25, 0.3) is 0 Å². The van der Waals surface area contributed by atoms with Crippen LogP contribution >= 0.6 is 0 Å². The minimum absolute atomic E-state index is 0.0410. The second-order valence-corrected chi connectivity index (χ2v) is 7.54. The first-order valence-corrected chi connectivity index (χ1v) is 9.56. The van der Waals surface area contributed by atoms with Gasteiger partial charge in [-0.1, -0.05) is 0 Å². The molecule has 0 saturated carbocycles. The smallest absolute Gasteiger partial charge is 0.243 e. The van der Waals surface area contributed by atoms with Gasteiger partial charge in [0.15, 0.2) is 0 Å². The van der Waals surface area contributed by atoms with Gasteiger partial charge in [-0.05, 0) is 58.2 Å². The van der Waals surface area contributed by atoms with Crippen molar-refractivity contribution >= 4 is 11.8 Å². The molecule has 2 saturated heterocycles. The summed E-state index contributed by atoms with van der Waals surface area (Å²) in [7, 11) is 2.17. The molecule has 3 rings (SSSR count). The molecule has 0 spiro atoms. The summed E-state index contributed by atoms with van der Waals surface area (Å²) in [6, 6.07) is -0.343.